The van der Waals surface area contributed by atoms with Crippen molar-refractivity contribution in [3.63, 3.8) is 0 Å². The quantitative estimate of drug-likeness (QED) is 0.442. The Balaban J connectivity index is 1.49. The number of nitrogens with zero attached hydrogens (tertiary/aromatic N) is 2. The fourth-order valence-corrected chi connectivity index (χ4v) is 6.86. The molecule has 0 atom stereocenters. The van der Waals surface area contributed by atoms with E-state index >= 15 is 0 Å². The SMILES string of the molecule is O=C(CSc1nc2sc3c(c2c(=O)n1-c1ccccc1)CCCC3)NC1CCCCC1. The normalized spacial score (nSPS) is 16.9. The molecule has 0 radical (unpaired) electrons. The van der Waals surface area contributed by atoms with Crippen molar-refractivity contribution in [2.45, 2.75) is 69.0 Å². The molecule has 0 unspecified atom stereocenters. The van der Waals surface area contributed by atoms with E-state index in [1.165, 1.54) is 47.9 Å². The number of carbonyl (C=O) groups excluding carboxylic acids is 1. The minimum absolute atomic E-state index is 0.00853. The molecule has 0 bridgehead atoms. The van der Waals surface area contributed by atoms with Gasteiger partial charge in [-0.3, -0.25) is 14.2 Å². The van der Waals surface area contributed by atoms with Crippen LogP contribution in [0.5, 0.6) is 0 Å². The van der Waals surface area contributed by atoms with Crippen LogP contribution in [-0.2, 0) is 17.6 Å². The van der Waals surface area contributed by atoms with Gasteiger partial charge >= 0.3 is 0 Å². The lowest BCUT2D eigenvalue weighted by Crippen LogP contribution is -2.37. The number of benzene rings is 1. The number of thiophene rings is 1. The number of carbonyl (C=O) groups is 1. The average molecular weight is 454 g/mol. The van der Waals surface area contributed by atoms with E-state index in [2.05, 4.69) is 5.32 Å². The number of rotatable bonds is 5. The van der Waals surface area contributed by atoms with Crippen LogP contribution in [0.15, 0.2) is 40.3 Å². The first-order valence-electron chi connectivity index (χ1n) is 11.3. The predicted octanol–water partition coefficient (Wildman–Crippen LogP) is 4.87. The van der Waals surface area contributed by atoms with Gasteiger partial charge in [-0.2, -0.15) is 0 Å². The fourth-order valence-electron chi connectivity index (χ4n) is 4.73. The Morgan fingerprint density at radius 3 is 2.68 bits per heavy atom. The molecular weight excluding hydrogens is 426 g/mol. The number of hydrogen-bond acceptors (Lipinski definition) is 5. The molecule has 31 heavy (non-hydrogen) atoms. The number of fused-ring (bicyclic) bond motifs is 3. The second-order valence-corrected chi connectivity index (χ2v) is 10.5. The molecule has 1 aromatic carbocycles. The lowest BCUT2D eigenvalue weighted by atomic mass is 9.95. The summed E-state index contributed by atoms with van der Waals surface area (Å²) in [6, 6.07) is 9.95. The van der Waals surface area contributed by atoms with E-state index in [1.807, 2.05) is 30.3 Å². The van der Waals surface area contributed by atoms with E-state index in [1.54, 1.807) is 15.9 Å². The zero-order chi connectivity index (χ0) is 21.2. The second-order valence-electron chi connectivity index (χ2n) is 8.45. The number of aryl methyl sites for hydroxylation is 2. The molecule has 0 aliphatic heterocycles. The molecule has 7 heteroatoms. The smallest absolute Gasteiger partial charge is 0.267 e. The van der Waals surface area contributed by atoms with Gasteiger partial charge in [0.1, 0.15) is 4.83 Å². The van der Waals surface area contributed by atoms with Gasteiger partial charge in [0, 0.05) is 10.9 Å². The second kappa shape index (κ2) is 9.17. The zero-order valence-electron chi connectivity index (χ0n) is 17.6. The lowest BCUT2D eigenvalue weighted by molar-refractivity contribution is -0.119. The maximum absolute atomic E-state index is 13.7. The van der Waals surface area contributed by atoms with Crippen molar-refractivity contribution in [3.8, 4) is 5.69 Å². The Morgan fingerprint density at radius 1 is 1.10 bits per heavy atom. The lowest BCUT2D eigenvalue weighted by Gasteiger charge is -2.22. The Labute approximate surface area is 190 Å². The Morgan fingerprint density at radius 2 is 1.87 bits per heavy atom. The summed E-state index contributed by atoms with van der Waals surface area (Å²) in [6.07, 6.45) is 10.1. The Hall–Kier alpha value is -2.12. The van der Waals surface area contributed by atoms with Gasteiger partial charge in [0.05, 0.1) is 16.8 Å². The molecule has 1 amide bonds. The van der Waals surface area contributed by atoms with Crippen LogP contribution in [0, 0.1) is 0 Å². The summed E-state index contributed by atoms with van der Waals surface area (Å²) in [7, 11) is 0. The highest BCUT2D eigenvalue weighted by Gasteiger charge is 2.23. The fraction of sp³-hybridized carbons (Fsp3) is 0.458. The van der Waals surface area contributed by atoms with Gasteiger partial charge in [-0.1, -0.05) is 49.2 Å². The summed E-state index contributed by atoms with van der Waals surface area (Å²) < 4.78 is 1.70. The van der Waals surface area contributed by atoms with Crippen molar-refractivity contribution in [1.29, 1.82) is 0 Å². The molecule has 2 aromatic heterocycles. The highest BCUT2D eigenvalue weighted by atomic mass is 32.2. The van der Waals surface area contributed by atoms with E-state index in [9.17, 15) is 9.59 Å². The van der Waals surface area contributed by atoms with E-state index in [-0.39, 0.29) is 23.3 Å². The summed E-state index contributed by atoms with van der Waals surface area (Å²) in [5.41, 5.74) is 1.98. The van der Waals surface area contributed by atoms with Gasteiger partial charge in [0.15, 0.2) is 5.16 Å². The van der Waals surface area contributed by atoms with Crippen LogP contribution >= 0.6 is 23.1 Å². The zero-order valence-corrected chi connectivity index (χ0v) is 19.2. The van der Waals surface area contributed by atoms with Gasteiger partial charge in [-0.15, -0.1) is 11.3 Å². The summed E-state index contributed by atoms with van der Waals surface area (Å²) >= 11 is 3.02. The molecule has 1 N–H and O–H groups in total. The number of para-hydroxylation sites is 1. The van der Waals surface area contributed by atoms with Crippen molar-refractivity contribution < 1.29 is 4.79 Å². The molecular formula is C24H27N3O2S2. The monoisotopic (exact) mass is 453 g/mol. The highest BCUT2D eigenvalue weighted by Crippen LogP contribution is 2.35. The van der Waals surface area contributed by atoms with Crippen molar-refractivity contribution in [1.82, 2.24) is 14.9 Å². The summed E-state index contributed by atoms with van der Waals surface area (Å²) in [4.78, 5) is 33.3. The third-order valence-electron chi connectivity index (χ3n) is 6.28. The molecule has 5 rings (SSSR count). The molecule has 2 heterocycles. The molecule has 0 spiro atoms. The molecule has 0 saturated heterocycles. The summed E-state index contributed by atoms with van der Waals surface area (Å²) in [5, 5.41) is 4.54. The van der Waals surface area contributed by atoms with E-state index < -0.39 is 0 Å². The molecule has 162 valence electrons. The number of aromatic nitrogens is 2. The molecule has 3 aromatic rings. The van der Waals surface area contributed by atoms with E-state index in [4.69, 9.17) is 4.98 Å². The van der Waals surface area contributed by atoms with Crippen molar-refractivity contribution in [2.75, 3.05) is 5.75 Å². The minimum atomic E-state index is -0.00853. The van der Waals surface area contributed by atoms with Crippen LogP contribution < -0.4 is 10.9 Å². The van der Waals surface area contributed by atoms with Crippen molar-refractivity contribution in [3.05, 3.63) is 51.1 Å². The van der Waals surface area contributed by atoms with Gasteiger partial charge in [0.2, 0.25) is 5.91 Å². The number of thioether (sulfide) groups is 1. The third-order valence-corrected chi connectivity index (χ3v) is 8.40. The maximum Gasteiger partial charge on any atom is 0.267 e. The number of amides is 1. The van der Waals surface area contributed by atoms with Crippen molar-refractivity contribution in [2.24, 2.45) is 0 Å². The van der Waals surface area contributed by atoms with Crippen LogP contribution in [0.2, 0.25) is 0 Å². The van der Waals surface area contributed by atoms with Crippen LogP contribution in [0.25, 0.3) is 15.9 Å². The minimum Gasteiger partial charge on any atom is -0.353 e. The van der Waals surface area contributed by atoms with Gasteiger partial charge in [-0.05, 0) is 56.2 Å². The standard InChI is InChI=1S/C24H27N3O2S2/c28-20(25-16-9-3-1-4-10-16)15-30-24-26-22-21(18-13-7-8-14-19(18)31-22)23(29)27(24)17-11-5-2-6-12-17/h2,5-6,11-12,16H,1,3-4,7-10,13-15H2,(H,25,28). The summed E-state index contributed by atoms with van der Waals surface area (Å²) in [5.74, 6) is 0.295. The van der Waals surface area contributed by atoms with Gasteiger partial charge < -0.3 is 5.32 Å². The Bertz CT molecular complexity index is 1150. The van der Waals surface area contributed by atoms with Gasteiger partial charge in [-0.25, -0.2) is 4.98 Å². The van der Waals surface area contributed by atoms with Crippen molar-refractivity contribution >= 4 is 39.2 Å². The third kappa shape index (κ3) is 4.30. The topological polar surface area (TPSA) is 64.0 Å². The highest BCUT2D eigenvalue weighted by molar-refractivity contribution is 7.99. The predicted molar refractivity (Wildman–Crippen MR) is 128 cm³/mol. The first-order chi connectivity index (χ1) is 15.2. The average Bonchev–Trinajstić information content (AvgIpc) is 3.18. The summed E-state index contributed by atoms with van der Waals surface area (Å²) in [6.45, 7) is 0. The van der Waals surface area contributed by atoms with Crippen LogP contribution in [0.4, 0.5) is 0 Å². The molecule has 1 fully saturated rings. The van der Waals surface area contributed by atoms with Gasteiger partial charge in [0.25, 0.3) is 5.56 Å². The Kier molecular flexibility index (Phi) is 6.14. The first kappa shape index (κ1) is 20.8. The molecule has 2 aliphatic rings. The number of nitrogens with one attached hydrogen (secondary N) is 1. The first-order valence-corrected chi connectivity index (χ1v) is 13.1. The van der Waals surface area contributed by atoms with Crippen LogP contribution in [0.3, 0.4) is 0 Å². The van der Waals surface area contributed by atoms with E-state index in [0.29, 0.717) is 5.16 Å². The molecule has 2 aliphatic carbocycles. The number of hydrogen-bond donors (Lipinski definition) is 1. The largest absolute Gasteiger partial charge is 0.353 e. The van der Waals surface area contributed by atoms with E-state index in [0.717, 1.165) is 48.0 Å². The maximum atomic E-state index is 13.7. The molecule has 5 nitrogen and oxygen atoms in total. The molecule has 1 saturated carbocycles. The van der Waals surface area contributed by atoms with Crippen LogP contribution in [-0.4, -0.2) is 27.3 Å². The van der Waals surface area contributed by atoms with Crippen LogP contribution in [0.1, 0.15) is 55.4 Å².